The molecule has 34 heavy (non-hydrogen) atoms. The monoisotopic (exact) mass is 497 g/mol. The van der Waals surface area contributed by atoms with Crippen LogP contribution in [0.15, 0.2) is 71.9 Å². The number of hydrogen-bond donors (Lipinski definition) is 2. The highest BCUT2D eigenvalue weighted by molar-refractivity contribution is 7.99. The molecule has 0 aliphatic rings. The second-order valence-electron chi connectivity index (χ2n) is 7.13. The summed E-state index contributed by atoms with van der Waals surface area (Å²) in [6, 6.07) is 18.0. The molecule has 174 valence electrons. The molecule has 0 saturated heterocycles. The van der Waals surface area contributed by atoms with Crippen LogP contribution in [0.4, 0.5) is 10.7 Å². The van der Waals surface area contributed by atoms with E-state index in [2.05, 4.69) is 20.3 Å². The number of benzene rings is 2. The van der Waals surface area contributed by atoms with Crippen LogP contribution >= 0.6 is 23.4 Å². The maximum Gasteiger partial charge on any atom is 0.414 e. The van der Waals surface area contributed by atoms with E-state index in [1.165, 1.54) is 10.9 Å². The van der Waals surface area contributed by atoms with Gasteiger partial charge in [0.2, 0.25) is 5.95 Å². The second-order valence-corrected chi connectivity index (χ2v) is 8.65. The number of carbonyl (C=O) groups is 2. The van der Waals surface area contributed by atoms with Crippen molar-refractivity contribution < 1.29 is 19.4 Å². The van der Waals surface area contributed by atoms with Gasteiger partial charge in [-0.15, -0.1) is 11.8 Å². The summed E-state index contributed by atoms with van der Waals surface area (Å²) in [5.41, 5.74) is 1.27. The maximum absolute atomic E-state index is 12.2. The third kappa shape index (κ3) is 5.83. The normalized spacial score (nSPS) is 11.8. The predicted octanol–water partition coefficient (Wildman–Crippen LogP) is 4.69. The van der Waals surface area contributed by atoms with E-state index in [-0.39, 0.29) is 35.3 Å². The molecule has 1 atom stereocenters. The minimum atomic E-state index is -1.05. The Labute approximate surface area is 204 Å². The number of halogens is 1. The van der Waals surface area contributed by atoms with Gasteiger partial charge in [-0.1, -0.05) is 60.1 Å². The van der Waals surface area contributed by atoms with E-state index >= 15 is 0 Å². The molecule has 0 saturated carbocycles. The lowest BCUT2D eigenvalue weighted by atomic mass is 10.1. The summed E-state index contributed by atoms with van der Waals surface area (Å²) in [6.45, 7) is 0.178. The van der Waals surface area contributed by atoms with Gasteiger partial charge in [-0.2, -0.15) is 9.97 Å². The highest BCUT2D eigenvalue weighted by Crippen LogP contribution is 2.25. The Morgan fingerprint density at radius 2 is 1.79 bits per heavy atom. The molecule has 4 rings (SSSR count). The number of aliphatic carboxylic acids is 1. The van der Waals surface area contributed by atoms with E-state index in [9.17, 15) is 14.7 Å². The molecule has 2 heterocycles. The molecule has 9 nitrogen and oxygen atoms in total. The van der Waals surface area contributed by atoms with Crippen molar-refractivity contribution in [3.63, 3.8) is 0 Å². The fourth-order valence-corrected chi connectivity index (χ4v) is 4.21. The fourth-order valence-electron chi connectivity index (χ4n) is 3.25. The van der Waals surface area contributed by atoms with E-state index in [1.54, 1.807) is 11.8 Å². The van der Waals surface area contributed by atoms with Crippen LogP contribution in [0.2, 0.25) is 5.15 Å². The smallest absolute Gasteiger partial charge is 0.414 e. The van der Waals surface area contributed by atoms with E-state index in [0.29, 0.717) is 5.75 Å². The lowest BCUT2D eigenvalue weighted by Gasteiger charge is -2.15. The third-order valence-electron chi connectivity index (χ3n) is 4.81. The Bertz CT molecular complexity index is 1290. The van der Waals surface area contributed by atoms with E-state index in [4.69, 9.17) is 16.3 Å². The van der Waals surface area contributed by atoms with Crippen LogP contribution in [-0.4, -0.2) is 49.0 Å². The van der Waals surface area contributed by atoms with Crippen LogP contribution in [0, 0.1) is 0 Å². The van der Waals surface area contributed by atoms with Crippen LogP contribution in [0.25, 0.3) is 11.2 Å². The molecular formula is C23H20ClN5O4S. The van der Waals surface area contributed by atoms with Crippen molar-refractivity contribution in [1.82, 2.24) is 19.5 Å². The molecule has 11 heteroatoms. The average molecular weight is 498 g/mol. The van der Waals surface area contributed by atoms with Crippen molar-refractivity contribution in [3.05, 3.63) is 77.7 Å². The Balaban J connectivity index is 1.46. The number of rotatable bonds is 9. The number of aromatic nitrogens is 4. The van der Waals surface area contributed by atoms with Crippen LogP contribution in [-0.2, 0) is 16.0 Å². The third-order valence-corrected chi connectivity index (χ3v) is 6.05. The van der Waals surface area contributed by atoms with Gasteiger partial charge in [0.25, 0.3) is 0 Å². The zero-order valence-corrected chi connectivity index (χ0v) is 19.4. The van der Waals surface area contributed by atoms with E-state index in [1.807, 2.05) is 60.7 Å². The first-order valence-corrected chi connectivity index (χ1v) is 11.7. The molecule has 1 unspecified atom stereocenters. The number of carbonyl (C=O) groups excluding carboxylic acids is 1. The van der Waals surface area contributed by atoms with E-state index in [0.717, 1.165) is 10.5 Å². The number of carboxylic acids is 1. The van der Waals surface area contributed by atoms with Crippen molar-refractivity contribution in [3.8, 4) is 0 Å². The molecule has 4 aromatic rings. The lowest BCUT2D eigenvalue weighted by molar-refractivity contribution is -0.140. The number of anilines is 1. The Kier molecular flexibility index (Phi) is 7.61. The molecule has 0 aliphatic heterocycles. The van der Waals surface area contributed by atoms with Crippen molar-refractivity contribution in [1.29, 1.82) is 0 Å². The Hall–Kier alpha value is -3.63. The summed E-state index contributed by atoms with van der Waals surface area (Å²) in [7, 11) is 0. The standard InChI is InChI=1S/C23H20ClN5O4S/c24-19-18-20(29(14-25-18)17(21(30)31)13-15-7-3-1-4-8-15)27-22(26-19)28-23(32)33-11-12-34-16-9-5-2-6-10-16/h1-10,14,17H,11-13H2,(H,30,31)(H,26,27,28,32). The van der Waals surface area contributed by atoms with Gasteiger partial charge in [-0.3, -0.25) is 5.32 Å². The van der Waals surface area contributed by atoms with E-state index < -0.39 is 18.1 Å². The van der Waals surface area contributed by atoms with Crippen LogP contribution in [0.5, 0.6) is 0 Å². The molecule has 2 N–H and O–H groups in total. The molecule has 0 fully saturated rings. The first-order chi connectivity index (χ1) is 16.5. The molecule has 1 amide bonds. The van der Waals surface area contributed by atoms with Gasteiger partial charge in [0.15, 0.2) is 10.8 Å². The zero-order chi connectivity index (χ0) is 23.9. The number of amides is 1. The number of ether oxygens (including phenoxy) is 1. The van der Waals surface area contributed by atoms with Crippen molar-refractivity contribution >= 4 is 52.5 Å². The molecular weight excluding hydrogens is 478 g/mol. The van der Waals surface area contributed by atoms with Crippen molar-refractivity contribution in [2.75, 3.05) is 17.7 Å². The molecule has 0 spiro atoms. The second kappa shape index (κ2) is 11.0. The van der Waals surface area contributed by atoms with Gasteiger partial charge in [-0.25, -0.2) is 14.6 Å². The van der Waals surface area contributed by atoms with Gasteiger partial charge in [-0.05, 0) is 17.7 Å². The SMILES string of the molecule is O=C(Nc1nc(Cl)c2ncn(C(Cc3ccccc3)C(=O)O)c2n1)OCCSc1ccccc1. The summed E-state index contributed by atoms with van der Waals surface area (Å²) < 4.78 is 6.59. The maximum atomic E-state index is 12.2. The van der Waals surface area contributed by atoms with Crippen LogP contribution in [0.1, 0.15) is 11.6 Å². The average Bonchev–Trinajstić information content (AvgIpc) is 3.25. The zero-order valence-electron chi connectivity index (χ0n) is 17.8. The molecule has 0 bridgehead atoms. The van der Waals surface area contributed by atoms with Gasteiger partial charge in [0.05, 0.1) is 6.33 Å². The predicted molar refractivity (Wildman–Crippen MR) is 129 cm³/mol. The van der Waals surface area contributed by atoms with Gasteiger partial charge in [0.1, 0.15) is 18.2 Å². The van der Waals surface area contributed by atoms with Gasteiger partial charge >= 0.3 is 12.1 Å². The highest BCUT2D eigenvalue weighted by atomic mass is 35.5. The molecule has 2 aromatic heterocycles. The number of nitrogens with zero attached hydrogens (tertiary/aromatic N) is 4. The topological polar surface area (TPSA) is 119 Å². The molecule has 0 aliphatic carbocycles. The minimum absolute atomic E-state index is 0.0115. The van der Waals surface area contributed by atoms with Gasteiger partial charge in [0, 0.05) is 17.1 Å². The summed E-state index contributed by atoms with van der Waals surface area (Å²) in [6.07, 6.45) is 0.831. The number of nitrogens with one attached hydrogen (secondary N) is 1. The summed E-state index contributed by atoms with van der Waals surface area (Å²) in [4.78, 5) is 37.8. The summed E-state index contributed by atoms with van der Waals surface area (Å²) >= 11 is 7.79. The number of fused-ring (bicyclic) bond motifs is 1. The number of carboxylic acid groups (broad SMARTS) is 1. The number of thioether (sulfide) groups is 1. The molecule has 0 radical (unpaired) electrons. The first kappa shape index (κ1) is 23.5. The Morgan fingerprint density at radius 1 is 1.09 bits per heavy atom. The lowest BCUT2D eigenvalue weighted by Crippen LogP contribution is -2.22. The minimum Gasteiger partial charge on any atom is -0.480 e. The molecule has 2 aromatic carbocycles. The number of imidazole rings is 1. The van der Waals surface area contributed by atoms with Crippen molar-refractivity contribution in [2.45, 2.75) is 17.4 Å². The number of hydrogen-bond acceptors (Lipinski definition) is 7. The Morgan fingerprint density at radius 3 is 2.50 bits per heavy atom. The van der Waals surface area contributed by atoms with Crippen LogP contribution < -0.4 is 5.32 Å². The fraction of sp³-hybridized carbons (Fsp3) is 0.174. The quantitative estimate of drug-likeness (QED) is 0.194. The van der Waals surface area contributed by atoms with Gasteiger partial charge < -0.3 is 14.4 Å². The highest BCUT2D eigenvalue weighted by Gasteiger charge is 2.24. The first-order valence-electron chi connectivity index (χ1n) is 10.3. The largest absolute Gasteiger partial charge is 0.480 e. The summed E-state index contributed by atoms with van der Waals surface area (Å²) in [5, 5.41) is 12.3. The summed E-state index contributed by atoms with van der Waals surface area (Å²) in [5.74, 6) is -0.587. The van der Waals surface area contributed by atoms with Crippen LogP contribution in [0.3, 0.4) is 0 Å². The van der Waals surface area contributed by atoms with Crippen molar-refractivity contribution in [2.24, 2.45) is 0 Å².